The number of hydrogen-bond donors (Lipinski definition) is 2. The summed E-state index contributed by atoms with van der Waals surface area (Å²) in [7, 11) is 0. The van der Waals surface area contributed by atoms with Crippen LogP contribution in [0.25, 0.3) is 0 Å². The first kappa shape index (κ1) is 22.3. The van der Waals surface area contributed by atoms with Gasteiger partial charge in [0.25, 0.3) is 23.3 Å². The van der Waals surface area contributed by atoms with Crippen molar-refractivity contribution >= 4 is 39.7 Å². The molecule has 2 N–H and O–H groups in total. The van der Waals surface area contributed by atoms with Crippen molar-refractivity contribution in [2.45, 2.75) is 58.5 Å². The van der Waals surface area contributed by atoms with Crippen LogP contribution in [0.4, 0.5) is 10.7 Å². The molecule has 2 heterocycles. The molecule has 7 nitrogen and oxygen atoms in total. The number of thiophene rings is 1. The number of nitrogens with one attached hydrogen (secondary N) is 2. The van der Waals surface area contributed by atoms with E-state index in [1.54, 1.807) is 17.0 Å². The van der Waals surface area contributed by atoms with Crippen molar-refractivity contribution in [3.63, 3.8) is 0 Å². The summed E-state index contributed by atoms with van der Waals surface area (Å²) in [6, 6.07) is 7.20. The fraction of sp³-hybridized carbons (Fsp3) is 0.458. The highest BCUT2D eigenvalue weighted by atomic mass is 32.1. The Balaban J connectivity index is 1.67. The van der Waals surface area contributed by atoms with Crippen LogP contribution in [0, 0.1) is 0 Å². The zero-order chi connectivity index (χ0) is 22.9. The third-order valence-corrected chi connectivity index (χ3v) is 7.24. The van der Waals surface area contributed by atoms with Crippen LogP contribution in [0.2, 0.25) is 0 Å². The van der Waals surface area contributed by atoms with Gasteiger partial charge < -0.3 is 20.3 Å². The van der Waals surface area contributed by atoms with E-state index in [0.717, 1.165) is 42.5 Å². The number of benzene rings is 1. The lowest BCUT2D eigenvalue weighted by molar-refractivity contribution is -0.145. The molecule has 0 spiro atoms. The normalized spacial score (nSPS) is 19.6. The molecule has 0 radical (unpaired) electrons. The number of fused-ring (bicyclic) bond motifs is 2. The van der Waals surface area contributed by atoms with Crippen LogP contribution in [0.1, 0.15) is 60.8 Å². The van der Waals surface area contributed by atoms with Gasteiger partial charge in [-0.05, 0) is 63.6 Å². The van der Waals surface area contributed by atoms with E-state index in [2.05, 4.69) is 10.6 Å². The Morgan fingerprint density at radius 3 is 2.69 bits per heavy atom. The van der Waals surface area contributed by atoms with Crippen molar-refractivity contribution in [3.05, 3.63) is 40.3 Å². The molecule has 3 amide bonds. The molecule has 1 aliphatic heterocycles. The standard InChI is InChI=1S/C24H29N3O4S/c1-4-14-25-20(28)19-15-10-6-9-13-18(15)32-21(19)26-22(29)24(3)23(30)27(5-2)16-11-7-8-12-17(16)31-24/h7-8,11-12H,4-6,9-10,13-14H2,1-3H3,(H,25,28)(H,26,29). The monoisotopic (exact) mass is 455 g/mol. The van der Waals surface area contributed by atoms with E-state index in [-0.39, 0.29) is 5.91 Å². The van der Waals surface area contributed by atoms with Crippen molar-refractivity contribution in [2.24, 2.45) is 0 Å². The lowest BCUT2D eigenvalue weighted by atomic mass is 9.95. The topological polar surface area (TPSA) is 87.7 Å². The average Bonchev–Trinajstić information content (AvgIpc) is 3.16. The van der Waals surface area contributed by atoms with Gasteiger partial charge >= 0.3 is 0 Å². The molecular formula is C24H29N3O4S. The highest BCUT2D eigenvalue weighted by molar-refractivity contribution is 7.17. The van der Waals surface area contributed by atoms with Crippen LogP contribution < -0.4 is 20.3 Å². The van der Waals surface area contributed by atoms with Crippen molar-refractivity contribution in [1.82, 2.24) is 5.32 Å². The molecule has 1 aromatic heterocycles. The van der Waals surface area contributed by atoms with Crippen molar-refractivity contribution in [3.8, 4) is 5.75 Å². The van der Waals surface area contributed by atoms with Crippen molar-refractivity contribution in [1.29, 1.82) is 0 Å². The number of carbonyl (C=O) groups excluding carboxylic acids is 3. The summed E-state index contributed by atoms with van der Waals surface area (Å²) in [5, 5.41) is 6.32. The predicted molar refractivity (Wildman–Crippen MR) is 126 cm³/mol. The second kappa shape index (κ2) is 8.94. The van der Waals surface area contributed by atoms with E-state index in [0.29, 0.717) is 35.1 Å². The maximum Gasteiger partial charge on any atom is 0.280 e. The van der Waals surface area contributed by atoms with Gasteiger partial charge in [-0.15, -0.1) is 11.3 Å². The number of rotatable bonds is 6. The summed E-state index contributed by atoms with van der Waals surface area (Å²) in [6.07, 6.45) is 4.63. The van der Waals surface area contributed by atoms with Gasteiger partial charge in [-0.3, -0.25) is 14.4 Å². The zero-order valence-electron chi connectivity index (χ0n) is 18.7. The quantitative estimate of drug-likeness (QED) is 0.647. The second-order valence-electron chi connectivity index (χ2n) is 8.28. The molecular weight excluding hydrogens is 426 g/mol. The number of aryl methyl sites for hydroxylation is 1. The number of amides is 3. The molecule has 8 heteroatoms. The van der Waals surface area contributed by atoms with Gasteiger partial charge in [-0.2, -0.15) is 0 Å². The van der Waals surface area contributed by atoms with E-state index < -0.39 is 17.4 Å². The lowest BCUT2D eigenvalue weighted by Crippen LogP contribution is -2.60. The Morgan fingerprint density at radius 2 is 1.94 bits per heavy atom. The summed E-state index contributed by atoms with van der Waals surface area (Å²) in [4.78, 5) is 42.4. The van der Waals surface area contributed by atoms with Crippen LogP contribution >= 0.6 is 11.3 Å². The molecule has 32 heavy (non-hydrogen) atoms. The van der Waals surface area contributed by atoms with E-state index in [4.69, 9.17) is 4.74 Å². The smallest absolute Gasteiger partial charge is 0.280 e. The number of anilines is 2. The number of hydrogen-bond acceptors (Lipinski definition) is 5. The van der Waals surface area contributed by atoms with Gasteiger partial charge in [0.1, 0.15) is 10.8 Å². The van der Waals surface area contributed by atoms with Gasteiger partial charge in [-0.1, -0.05) is 19.1 Å². The fourth-order valence-corrected chi connectivity index (χ4v) is 5.58. The highest BCUT2D eigenvalue weighted by Gasteiger charge is 2.50. The third kappa shape index (κ3) is 3.77. The maximum atomic E-state index is 13.5. The van der Waals surface area contributed by atoms with E-state index in [9.17, 15) is 14.4 Å². The first-order valence-corrected chi connectivity index (χ1v) is 12.1. The van der Waals surface area contributed by atoms with Gasteiger partial charge in [0, 0.05) is 18.0 Å². The molecule has 0 saturated carbocycles. The maximum absolute atomic E-state index is 13.5. The molecule has 2 aliphatic rings. The average molecular weight is 456 g/mol. The number of nitrogens with zero attached hydrogens (tertiary/aromatic N) is 1. The first-order chi connectivity index (χ1) is 15.4. The van der Waals surface area contributed by atoms with Gasteiger partial charge in [0.15, 0.2) is 0 Å². The molecule has 0 fully saturated rings. The molecule has 2 aromatic rings. The van der Waals surface area contributed by atoms with Crippen molar-refractivity contribution in [2.75, 3.05) is 23.3 Å². The number of likely N-dealkylation sites (N-methyl/N-ethyl adjacent to an activating group) is 1. The highest BCUT2D eigenvalue weighted by Crippen LogP contribution is 2.41. The van der Waals surface area contributed by atoms with Crippen LogP contribution in [-0.2, 0) is 22.4 Å². The van der Waals surface area contributed by atoms with Gasteiger partial charge in [0.2, 0.25) is 0 Å². The zero-order valence-corrected chi connectivity index (χ0v) is 19.6. The number of para-hydroxylation sites is 2. The summed E-state index contributed by atoms with van der Waals surface area (Å²) in [5.41, 5.74) is 0.473. The SMILES string of the molecule is CCCNC(=O)c1c(NC(=O)C2(C)Oc3ccccc3N(CC)C2=O)sc2c1CCCC2. The van der Waals surface area contributed by atoms with E-state index in [1.807, 2.05) is 26.0 Å². The summed E-state index contributed by atoms with van der Waals surface area (Å²) in [5.74, 6) is -0.686. The molecule has 0 bridgehead atoms. The minimum absolute atomic E-state index is 0.178. The van der Waals surface area contributed by atoms with E-state index in [1.165, 1.54) is 18.3 Å². The van der Waals surface area contributed by atoms with Crippen LogP contribution in [0.3, 0.4) is 0 Å². The minimum Gasteiger partial charge on any atom is -0.465 e. The van der Waals surface area contributed by atoms with E-state index >= 15 is 0 Å². The Labute approximate surface area is 192 Å². The fourth-order valence-electron chi connectivity index (χ4n) is 4.30. The molecule has 1 aliphatic carbocycles. The first-order valence-electron chi connectivity index (χ1n) is 11.2. The van der Waals surface area contributed by atoms with Gasteiger partial charge in [-0.25, -0.2) is 0 Å². The summed E-state index contributed by atoms with van der Waals surface area (Å²) in [6.45, 7) is 6.34. The summed E-state index contributed by atoms with van der Waals surface area (Å²) < 4.78 is 5.97. The predicted octanol–water partition coefficient (Wildman–Crippen LogP) is 3.91. The number of ether oxygens (including phenoxy) is 1. The molecule has 4 rings (SSSR count). The Morgan fingerprint density at radius 1 is 1.19 bits per heavy atom. The molecule has 0 saturated heterocycles. The Kier molecular flexibility index (Phi) is 6.24. The van der Waals surface area contributed by atoms with Crippen LogP contribution in [0.15, 0.2) is 24.3 Å². The Hall–Kier alpha value is -2.87. The number of carbonyl (C=O) groups is 3. The summed E-state index contributed by atoms with van der Waals surface area (Å²) >= 11 is 1.43. The van der Waals surface area contributed by atoms with Crippen LogP contribution in [-0.4, -0.2) is 36.4 Å². The van der Waals surface area contributed by atoms with Gasteiger partial charge in [0.05, 0.1) is 11.3 Å². The third-order valence-electron chi connectivity index (χ3n) is 6.03. The van der Waals surface area contributed by atoms with Crippen LogP contribution in [0.5, 0.6) is 5.75 Å². The minimum atomic E-state index is -1.73. The Bertz CT molecular complexity index is 1060. The second-order valence-corrected chi connectivity index (χ2v) is 9.38. The molecule has 1 aromatic carbocycles. The van der Waals surface area contributed by atoms with Crippen molar-refractivity contribution < 1.29 is 19.1 Å². The largest absolute Gasteiger partial charge is 0.465 e. The molecule has 170 valence electrons. The molecule has 1 unspecified atom stereocenters. The lowest BCUT2D eigenvalue weighted by Gasteiger charge is -2.39. The molecule has 1 atom stereocenters.